The maximum atomic E-state index is 14.6. The lowest BCUT2D eigenvalue weighted by molar-refractivity contribution is -0.143. The smallest absolute Gasteiger partial charge is 0.251 e. The molecule has 1 N–H and O–H groups in total. The van der Waals surface area contributed by atoms with Crippen molar-refractivity contribution in [2.45, 2.75) is 46.5 Å². The number of anilines is 1. The van der Waals surface area contributed by atoms with E-state index in [1.165, 1.54) is 0 Å². The summed E-state index contributed by atoms with van der Waals surface area (Å²) in [6, 6.07) is 6.56. The fraction of sp³-hybridized carbons (Fsp3) is 0.552. The van der Waals surface area contributed by atoms with Gasteiger partial charge in [0.25, 0.3) is 5.91 Å². The van der Waals surface area contributed by atoms with Crippen LogP contribution in [-0.2, 0) is 14.4 Å². The second-order valence-electron chi connectivity index (χ2n) is 10.4. The summed E-state index contributed by atoms with van der Waals surface area (Å²) in [7, 11) is 3.33. The lowest BCUT2D eigenvalue weighted by Crippen LogP contribution is -2.56. The predicted octanol–water partition coefficient (Wildman–Crippen LogP) is 3.49. The number of rotatable bonds is 13. The Morgan fingerprint density at radius 3 is 2.49 bits per heavy atom. The van der Waals surface area contributed by atoms with E-state index in [4.69, 9.17) is 4.74 Å². The second kappa shape index (κ2) is 12.5. The average Bonchev–Trinajstić information content (AvgIpc) is 3.52. The molecule has 1 aromatic carbocycles. The zero-order chi connectivity index (χ0) is 28.3. The van der Waals surface area contributed by atoms with Gasteiger partial charge in [0.05, 0.1) is 23.7 Å². The molecule has 3 unspecified atom stereocenters. The molecule has 1 spiro atoms. The van der Waals surface area contributed by atoms with Crippen LogP contribution in [0.4, 0.5) is 5.69 Å². The monoisotopic (exact) mass is 619 g/mol. The van der Waals surface area contributed by atoms with Crippen LogP contribution >= 0.6 is 27.7 Å². The molecule has 3 aliphatic rings. The number of aliphatic hydroxyl groups is 1. The molecule has 0 aromatic heterocycles. The molecule has 3 heterocycles. The highest BCUT2D eigenvalue weighted by molar-refractivity contribution is 9.09. The van der Waals surface area contributed by atoms with Gasteiger partial charge in [0.1, 0.15) is 11.8 Å². The number of alkyl halides is 1. The van der Waals surface area contributed by atoms with Gasteiger partial charge in [-0.1, -0.05) is 28.1 Å². The van der Waals surface area contributed by atoms with Gasteiger partial charge in [-0.05, 0) is 49.9 Å². The van der Waals surface area contributed by atoms with E-state index in [2.05, 4.69) is 29.1 Å². The van der Waals surface area contributed by atoms with Crippen molar-refractivity contribution in [2.75, 3.05) is 45.3 Å². The summed E-state index contributed by atoms with van der Waals surface area (Å²) in [4.78, 5) is 47.5. The van der Waals surface area contributed by atoms with Gasteiger partial charge in [-0.15, -0.1) is 24.9 Å². The van der Waals surface area contributed by atoms with E-state index in [0.29, 0.717) is 43.8 Å². The first-order valence-corrected chi connectivity index (χ1v) is 15.2. The molecular weight excluding hydrogens is 582 g/mol. The highest BCUT2D eigenvalue weighted by atomic mass is 79.9. The molecule has 1 aromatic rings. The Kier molecular flexibility index (Phi) is 9.49. The first kappa shape index (κ1) is 29.7. The van der Waals surface area contributed by atoms with Crippen LogP contribution in [-0.4, -0.2) is 93.9 Å². The molecule has 212 valence electrons. The van der Waals surface area contributed by atoms with Gasteiger partial charge in [0, 0.05) is 49.1 Å². The van der Waals surface area contributed by atoms with Crippen molar-refractivity contribution in [3.63, 3.8) is 0 Å². The van der Waals surface area contributed by atoms with Crippen LogP contribution in [0.2, 0.25) is 0 Å². The third kappa shape index (κ3) is 5.27. The van der Waals surface area contributed by atoms with Crippen LogP contribution < -0.4 is 9.64 Å². The normalized spacial score (nSPS) is 28.8. The van der Waals surface area contributed by atoms with Crippen LogP contribution in [0.15, 0.2) is 49.6 Å². The minimum Gasteiger partial charge on any atom is -0.497 e. The van der Waals surface area contributed by atoms with Crippen LogP contribution in [0, 0.1) is 11.8 Å². The van der Waals surface area contributed by atoms with Crippen molar-refractivity contribution in [1.29, 1.82) is 0 Å². The second-order valence-corrected chi connectivity index (χ2v) is 13.1. The molecule has 10 heteroatoms. The summed E-state index contributed by atoms with van der Waals surface area (Å²) >= 11 is 5.46. The van der Waals surface area contributed by atoms with Gasteiger partial charge < -0.3 is 24.5 Å². The maximum absolute atomic E-state index is 14.6. The number of thioether (sulfide) groups is 1. The molecule has 8 nitrogen and oxygen atoms in total. The van der Waals surface area contributed by atoms with Crippen molar-refractivity contribution >= 4 is 51.1 Å². The van der Waals surface area contributed by atoms with E-state index in [1.807, 2.05) is 12.1 Å². The topological polar surface area (TPSA) is 90.4 Å². The van der Waals surface area contributed by atoms with Crippen molar-refractivity contribution in [3.05, 3.63) is 49.6 Å². The van der Waals surface area contributed by atoms with Crippen LogP contribution in [0.5, 0.6) is 5.75 Å². The van der Waals surface area contributed by atoms with Crippen LogP contribution in [0.1, 0.15) is 25.7 Å². The predicted molar refractivity (Wildman–Crippen MR) is 158 cm³/mol. The van der Waals surface area contributed by atoms with Gasteiger partial charge in [0.2, 0.25) is 11.8 Å². The fourth-order valence-corrected chi connectivity index (χ4v) is 10.0. The molecule has 2 bridgehead atoms. The standard InChI is InChI=1S/C29H38BrN3O5S/c1-5-14-31(3)26(35)22-23-27(36)33(16-8-7-9-17-34)25(29(23)18-21(30)24(22)39-29)28(37)32(15-6-2)19-10-12-20(38-4)13-11-19/h5-6,10-13,21-25,34H,1-2,7-9,14-18H2,3-4H3/t21?,22-,23-,24-,25?,29?/m0/s1. The largest absolute Gasteiger partial charge is 0.497 e. The number of likely N-dealkylation sites (tertiary alicyclic amines) is 1. The summed E-state index contributed by atoms with van der Waals surface area (Å²) in [5.41, 5.74) is 0.694. The Hall–Kier alpha value is -2.30. The van der Waals surface area contributed by atoms with E-state index < -0.39 is 22.6 Å². The van der Waals surface area contributed by atoms with E-state index in [0.717, 1.165) is 6.42 Å². The SMILES string of the molecule is C=CCN(C)C(=O)[C@H]1[C@H]2C(=O)N(CCCCCO)C(C(=O)N(CC=C)c3ccc(OC)cc3)C23CC(Br)[C@@H]1S3. The number of ether oxygens (including phenoxy) is 1. The van der Waals surface area contributed by atoms with Crippen molar-refractivity contribution < 1.29 is 24.2 Å². The number of likely N-dealkylation sites (N-methyl/N-ethyl adjacent to an activating group) is 1. The number of aliphatic hydroxyl groups excluding tert-OH is 1. The Morgan fingerprint density at radius 2 is 1.87 bits per heavy atom. The fourth-order valence-electron chi connectivity index (χ4n) is 6.40. The Balaban J connectivity index is 1.75. The zero-order valence-electron chi connectivity index (χ0n) is 22.6. The molecule has 3 saturated heterocycles. The number of hydrogen-bond donors (Lipinski definition) is 1. The van der Waals surface area contributed by atoms with Crippen molar-refractivity contribution in [1.82, 2.24) is 9.80 Å². The summed E-state index contributed by atoms with van der Waals surface area (Å²) in [6.45, 7) is 8.80. The first-order chi connectivity index (χ1) is 18.7. The number of hydrogen-bond acceptors (Lipinski definition) is 6. The first-order valence-electron chi connectivity index (χ1n) is 13.4. The minimum atomic E-state index is -0.719. The Labute approximate surface area is 243 Å². The summed E-state index contributed by atoms with van der Waals surface area (Å²) in [6.07, 6.45) is 6.04. The van der Waals surface area contributed by atoms with Crippen LogP contribution in [0.3, 0.4) is 0 Å². The third-order valence-electron chi connectivity index (χ3n) is 8.11. The molecule has 0 aliphatic carbocycles. The lowest BCUT2D eigenvalue weighted by atomic mass is 9.70. The molecule has 3 fully saturated rings. The van der Waals surface area contributed by atoms with Gasteiger partial charge in [-0.25, -0.2) is 0 Å². The molecule has 4 rings (SSSR count). The van der Waals surface area contributed by atoms with E-state index in [-0.39, 0.29) is 41.0 Å². The number of methoxy groups -OCH3 is 1. The Bertz CT molecular complexity index is 1100. The molecule has 0 saturated carbocycles. The van der Waals surface area contributed by atoms with Crippen molar-refractivity contribution in [3.8, 4) is 5.75 Å². The molecule has 0 radical (unpaired) electrons. The number of fused-ring (bicyclic) bond motifs is 1. The lowest BCUT2D eigenvalue weighted by Gasteiger charge is -2.38. The maximum Gasteiger partial charge on any atom is 0.251 e. The number of amides is 3. The van der Waals surface area contributed by atoms with Crippen LogP contribution in [0.25, 0.3) is 0 Å². The summed E-state index contributed by atoms with van der Waals surface area (Å²) in [5, 5.41) is 9.17. The number of carbonyl (C=O) groups is 3. The van der Waals surface area contributed by atoms with Gasteiger partial charge in [0.15, 0.2) is 0 Å². The van der Waals surface area contributed by atoms with E-state index >= 15 is 0 Å². The minimum absolute atomic E-state index is 0.0103. The average molecular weight is 621 g/mol. The molecule has 6 atom stereocenters. The third-order valence-corrected chi connectivity index (χ3v) is 11.3. The molecule has 39 heavy (non-hydrogen) atoms. The van der Waals surface area contributed by atoms with Gasteiger partial charge in [-0.3, -0.25) is 14.4 Å². The number of benzene rings is 1. The number of nitrogens with zero attached hydrogens (tertiary/aromatic N) is 3. The summed E-state index contributed by atoms with van der Waals surface area (Å²) in [5.74, 6) is -0.777. The number of halogens is 1. The van der Waals surface area contributed by atoms with E-state index in [9.17, 15) is 19.5 Å². The highest BCUT2D eigenvalue weighted by Gasteiger charge is 2.75. The van der Waals surface area contributed by atoms with Gasteiger partial charge >= 0.3 is 0 Å². The molecule has 3 aliphatic heterocycles. The van der Waals surface area contributed by atoms with Gasteiger partial charge in [-0.2, -0.15) is 0 Å². The van der Waals surface area contributed by atoms with E-state index in [1.54, 1.807) is 64.9 Å². The molecule has 3 amide bonds. The van der Waals surface area contributed by atoms with Crippen molar-refractivity contribution in [2.24, 2.45) is 11.8 Å². The quantitative estimate of drug-likeness (QED) is 0.207. The zero-order valence-corrected chi connectivity index (χ0v) is 25.0. The Morgan fingerprint density at radius 1 is 1.18 bits per heavy atom. The number of carbonyl (C=O) groups excluding carboxylic acids is 3. The highest BCUT2D eigenvalue weighted by Crippen LogP contribution is 2.68. The summed E-state index contributed by atoms with van der Waals surface area (Å²) < 4.78 is 4.58. The molecular formula is C29H38BrN3O5S. The number of unbranched alkanes of at least 4 members (excludes halogenated alkanes) is 2.